The van der Waals surface area contributed by atoms with E-state index in [0.29, 0.717) is 17.4 Å². The fourth-order valence-electron chi connectivity index (χ4n) is 0.936. The lowest BCUT2D eigenvalue weighted by Gasteiger charge is -2.07. The number of carbonyl (C=O) groups is 1. The highest BCUT2D eigenvalue weighted by atomic mass is 32.2. The highest BCUT2D eigenvalue weighted by Gasteiger charge is 2.07. The van der Waals surface area contributed by atoms with Crippen LogP contribution in [0.2, 0.25) is 0 Å². The molecule has 4 nitrogen and oxygen atoms in total. The van der Waals surface area contributed by atoms with Crippen molar-refractivity contribution in [1.29, 1.82) is 0 Å². The van der Waals surface area contributed by atoms with Crippen LogP contribution in [0.1, 0.15) is 13.3 Å². The van der Waals surface area contributed by atoms with Gasteiger partial charge in [0, 0.05) is 6.20 Å². The second-order valence-electron chi connectivity index (χ2n) is 2.84. The van der Waals surface area contributed by atoms with E-state index < -0.39 is 5.97 Å². The van der Waals surface area contributed by atoms with Gasteiger partial charge >= 0.3 is 5.97 Å². The van der Waals surface area contributed by atoms with Gasteiger partial charge in [-0.15, -0.1) is 0 Å². The molecule has 5 heteroatoms. The minimum Gasteiger partial charge on any atom is -0.491 e. The Morgan fingerprint density at radius 2 is 2.47 bits per heavy atom. The molecule has 0 saturated carbocycles. The maximum atomic E-state index is 10.4. The van der Waals surface area contributed by atoms with E-state index in [4.69, 9.17) is 9.84 Å². The van der Waals surface area contributed by atoms with Gasteiger partial charge in [-0.25, -0.2) is 4.98 Å². The normalized spacial score (nSPS) is 9.93. The Labute approximate surface area is 92.7 Å². The molecule has 82 valence electrons. The fourth-order valence-corrected chi connectivity index (χ4v) is 1.60. The van der Waals surface area contributed by atoms with Crippen LogP contribution in [0.4, 0.5) is 0 Å². The monoisotopic (exact) mass is 227 g/mol. The molecule has 0 atom stereocenters. The summed E-state index contributed by atoms with van der Waals surface area (Å²) in [7, 11) is 0. The average Bonchev–Trinajstić information content (AvgIpc) is 2.24. The Morgan fingerprint density at radius 3 is 3.13 bits per heavy atom. The van der Waals surface area contributed by atoms with Crippen molar-refractivity contribution in [3.05, 3.63) is 18.3 Å². The molecule has 1 aromatic heterocycles. The third-order valence-electron chi connectivity index (χ3n) is 1.53. The van der Waals surface area contributed by atoms with Gasteiger partial charge in [0.15, 0.2) is 5.75 Å². The zero-order valence-corrected chi connectivity index (χ0v) is 9.29. The molecule has 0 fully saturated rings. The zero-order chi connectivity index (χ0) is 11.1. The largest absolute Gasteiger partial charge is 0.491 e. The maximum Gasteiger partial charge on any atom is 0.313 e. The van der Waals surface area contributed by atoms with Gasteiger partial charge in [-0.05, 0) is 18.6 Å². The van der Waals surface area contributed by atoms with Crippen molar-refractivity contribution in [2.45, 2.75) is 18.4 Å². The Kier molecular flexibility index (Phi) is 4.97. The molecule has 0 spiro atoms. The number of pyridine rings is 1. The van der Waals surface area contributed by atoms with Crippen LogP contribution in [0.25, 0.3) is 0 Å². The Bertz CT molecular complexity index is 330. The SMILES string of the molecule is CCCOc1cccnc1SCC(=O)O. The molecule has 0 amide bonds. The van der Waals surface area contributed by atoms with Gasteiger partial charge in [0.1, 0.15) is 5.03 Å². The van der Waals surface area contributed by atoms with E-state index in [0.717, 1.165) is 6.42 Å². The standard InChI is InChI=1S/C10H13NO3S/c1-2-6-14-8-4-3-5-11-10(8)15-7-9(12)13/h3-5H,2,6-7H2,1H3,(H,12,13). The summed E-state index contributed by atoms with van der Waals surface area (Å²) < 4.78 is 5.44. The van der Waals surface area contributed by atoms with E-state index in [1.807, 2.05) is 6.92 Å². The molecule has 1 N–H and O–H groups in total. The minimum absolute atomic E-state index is 0.000498. The summed E-state index contributed by atoms with van der Waals surface area (Å²) in [5.41, 5.74) is 0. The third-order valence-corrected chi connectivity index (χ3v) is 2.50. The van der Waals surface area contributed by atoms with Crippen molar-refractivity contribution in [2.75, 3.05) is 12.4 Å². The van der Waals surface area contributed by atoms with Gasteiger partial charge in [-0.2, -0.15) is 0 Å². The van der Waals surface area contributed by atoms with Crippen molar-refractivity contribution < 1.29 is 14.6 Å². The molecular formula is C10H13NO3S. The lowest BCUT2D eigenvalue weighted by molar-refractivity contribution is -0.133. The number of carboxylic acid groups (broad SMARTS) is 1. The molecule has 0 radical (unpaired) electrons. The lowest BCUT2D eigenvalue weighted by atomic mass is 10.4. The predicted octanol–water partition coefficient (Wildman–Crippen LogP) is 2.05. The smallest absolute Gasteiger partial charge is 0.313 e. The fraction of sp³-hybridized carbons (Fsp3) is 0.400. The number of aromatic nitrogens is 1. The number of aliphatic carboxylic acids is 1. The van der Waals surface area contributed by atoms with Gasteiger partial charge in [-0.1, -0.05) is 18.7 Å². The molecule has 15 heavy (non-hydrogen) atoms. The number of rotatable bonds is 6. The highest BCUT2D eigenvalue weighted by Crippen LogP contribution is 2.26. The van der Waals surface area contributed by atoms with Crippen LogP contribution < -0.4 is 4.74 Å². The summed E-state index contributed by atoms with van der Waals surface area (Å²) in [4.78, 5) is 14.5. The molecule has 0 aliphatic rings. The Morgan fingerprint density at radius 1 is 1.67 bits per heavy atom. The number of nitrogens with zero attached hydrogens (tertiary/aromatic N) is 1. The van der Waals surface area contributed by atoms with Gasteiger partial charge < -0.3 is 9.84 Å². The number of thioether (sulfide) groups is 1. The number of hydrogen-bond donors (Lipinski definition) is 1. The van der Waals surface area contributed by atoms with Gasteiger partial charge in [0.25, 0.3) is 0 Å². The lowest BCUT2D eigenvalue weighted by Crippen LogP contribution is -2.01. The quantitative estimate of drug-likeness (QED) is 0.754. The molecular weight excluding hydrogens is 214 g/mol. The molecule has 0 unspecified atom stereocenters. The first-order valence-electron chi connectivity index (χ1n) is 4.66. The Balaban J connectivity index is 2.63. The second-order valence-corrected chi connectivity index (χ2v) is 3.80. The van der Waals surface area contributed by atoms with Crippen molar-refractivity contribution >= 4 is 17.7 Å². The number of carboxylic acids is 1. The van der Waals surface area contributed by atoms with Crippen molar-refractivity contribution in [1.82, 2.24) is 4.98 Å². The van der Waals surface area contributed by atoms with Crippen molar-refractivity contribution in [3.63, 3.8) is 0 Å². The summed E-state index contributed by atoms with van der Waals surface area (Å²) in [6.45, 7) is 2.63. The van der Waals surface area contributed by atoms with E-state index in [1.54, 1.807) is 18.3 Å². The van der Waals surface area contributed by atoms with Crippen molar-refractivity contribution in [3.8, 4) is 5.75 Å². The first kappa shape index (κ1) is 11.8. The molecule has 0 aromatic carbocycles. The van der Waals surface area contributed by atoms with Crippen molar-refractivity contribution in [2.24, 2.45) is 0 Å². The summed E-state index contributed by atoms with van der Waals surface area (Å²) in [6.07, 6.45) is 2.54. The van der Waals surface area contributed by atoms with E-state index in [1.165, 1.54) is 11.8 Å². The first-order chi connectivity index (χ1) is 7.24. The average molecular weight is 227 g/mol. The zero-order valence-electron chi connectivity index (χ0n) is 8.47. The summed E-state index contributed by atoms with van der Waals surface area (Å²) in [6, 6.07) is 3.57. The molecule has 1 heterocycles. The van der Waals surface area contributed by atoms with E-state index >= 15 is 0 Å². The van der Waals surface area contributed by atoms with Crippen LogP contribution >= 0.6 is 11.8 Å². The van der Waals surface area contributed by atoms with E-state index in [9.17, 15) is 4.79 Å². The predicted molar refractivity (Wildman–Crippen MR) is 58.4 cm³/mol. The second kappa shape index (κ2) is 6.29. The number of ether oxygens (including phenoxy) is 1. The molecule has 0 saturated heterocycles. The molecule has 0 bridgehead atoms. The van der Waals surface area contributed by atoms with Gasteiger partial charge in [0.05, 0.1) is 12.4 Å². The topological polar surface area (TPSA) is 59.4 Å². The van der Waals surface area contributed by atoms with Gasteiger partial charge in [-0.3, -0.25) is 4.79 Å². The number of hydrogen-bond acceptors (Lipinski definition) is 4. The molecule has 0 aliphatic heterocycles. The summed E-state index contributed by atoms with van der Waals surface area (Å²) >= 11 is 1.17. The Hall–Kier alpha value is -1.23. The van der Waals surface area contributed by atoms with Crippen LogP contribution in [0, 0.1) is 0 Å². The first-order valence-corrected chi connectivity index (χ1v) is 5.65. The molecule has 1 aromatic rings. The maximum absolute atomic E-state index is 10.4. The van der Waals surface area contributed by atoms with Crippen LogP contribution in [-0.2, 0) is 4.79 Å². The van der Waals surface area contributed by atoms with E-state index in [-0.39, 0.29) is 5.75 Å². The van der Waals surface area contributed by atoms with Crippen LogP contribution in [0.15, 0.2) is 23.4 Å². The summed E-state index contributed by atoms with van der Waals surface area (Å²) in [5.74, 6) is -0.197. The minimum atomic E-state index is -0.855. The summed E-state index contributed by atoms with van der Waals surface area (Å²) in [5, 5.41) is 9.19. The van der Waals surface area contributed by atoms with Crippen LogP contribution in [0.3, 0.4) is 0 Å². The third kappa shape index (κ3) is 4.20. The van der Waals surface area contributed by atoms with Crippen LogP contribution in [-0.4, -0.2) is 28.4 Å². The van der Waals surface area contributed by atoms with Crippen LogP contribution in [0.5, 0.6) is 5.75 Å². The highest BCUT2D eigenvalue weighted by molar-refractivity contribution is 8.00. The van der Waals surface area contributed by atoms with Gasteiger partial charge in [0.2, 0.25) is 0 Å². The molecule has 0 aliphatic carbocycles. The molecule has 1 rings (SSSR count). The van der Waals surface area contributed by atoms with E-state index in [2.05, 4.69) is 4.98 Å².